The first-order valence-corrected chi connectivity index (χ1v) is 7.66. The summed E-state index contributed by atoms with van der Waals surface area (Å²) in [4.78, 5) is 22.3. The Bertz CT molecular complexity index is 1010. The molecule has 1 aliphatic heterocycles. The van der Waals surface area contributed by atoms with Crippen LogP contribution in [0.15, 0.2) is 53.1 Å². The van der Waals surface area contributed by atoms with Gasteiger partial charge in [-0.05, 0) is 35.4 Å². The van der Waals surface area contributed by atoms with Crippen molar-refractivity contribution in [2.45, 2.75) is 0 Å². The van der Waals surface area contributed by atoms with Gasteiger partial charge in [-0.1, -0.05) is 12.1 Å². The van der Waals surface area contributed by atoms with Gasteiger partial charge < -0.3 is 9.47 Å². The lowest BCUT2D eigenvalue weighted by molar-refractivity contribution is -0.384. The molecule has 0 bridgehead atoms. The Kier molecular flexibility index (Phi) is 5.09. The molecule has 0 saturated carbocycles. The summed E-state index contributed by atoms with van der Waals surface area (Å²) in [5, 5.41) is 23.8. The van der Waals surface area contributed by atoms with Crippen molar-refractivity contribution in [1.29, 1.82) is 5.26 Å². The van der Waals surface area contributed by atoms with E-state index in [1.54, 1.807) is 30.3 Å². The molecular weight excluding hydrogens is 352 g/mol. The topological polar surface area (TPSA) is 127 Å². The van der Waals surface area contributed by atoms with E-state index in [4.69, 9.17) is 14.7 Å². The molecule has 0 atom stereocenters. The van der Waals surface area contributed by atoms with Crippen LogP contribution in [0.2, 0.25) is 0 Å². The van der Waals surface area contributed by atoms with Crippen molar-refractivity contribution >= 4 is 23.9 Å². The van der Waals surface area contributed by atoms with Crippen LogP contribution in [-0.4, -0.2) is 23.8 Å². The van der Waals surface area contributed by atoms with Gasteiger partial charge in [-0.15, -0.1) is 0 Å². The minimum Gasteiger partial charge on any atom is -0.454 e. The van der Waals surface area contributed by atoms with E-state index in [2.05, 4.69) is 10.5 Å². The Hall–Kier alpha value is -4.19. The van der Waals surface area contributed by atoms with E-state index in [9.17, 15) is 14.9 Å². The number of fused-ring (bicyclic) bond motifs is 1. The van der Waals surface area contributed by atoms with Gasteiger partial charge in [0.05, 0.1) is 11.1 Å². The SMILES string of the molecule is N#CC(=Cc1cccc([N+](=O)[O-])c1)C(=O)NN=Cc1ccc2c(c1)OCO2. The van der Waals surface area contributed by atoms with Crippen molar-refractivity contribution in [3.05, 3.63) is 69.3 Å². The predicted octanol–water partition coefficient (Wildman–Crippen LogP) is 2.38. The lowest BCUT2D eigenvalue weighted by Crippen LogP contribution is -2.19. The molecule has 3 rings (SSSR count). The summed E-state index contributed by atoms with van der Waals surface area (Å²) < 4.78 is 10.4. The fourth-order valence-electron chi connectivity index (χ4n) is 2.26. The molecule has 1 aliphatic rings. The highest BCUT2D eigenvalue weighted by Crippen LogP contribution is 2.31. The number of non-ortho nitro benzene ring substituents is 1. The molecule has 0 unspecified atom stereocenters. The number of hydrogen-bond acceptors (Lipinski definition) is 7. The average Bonchev–Trinajstić information content (AvgIpc) is 3.14. The first-order valence-electron chi connectivity index (χ1n) is 7.66. The number of nitrogens with one attached hydrogen (secondary N) is 1. The third-order valence-corrected chi connectivity index (χ3v) is 3.53. The van der Waals surface area contributed by atoms with Gasteiger partial charge in [-0.2, -0.15) is 10.4 Å². The fourth-order valence-corrected chi connectivity index (χ4v) is 2.26. The molecule has 9 nitrogen and oxygen atoms in total. The van der Waals surface area contributed by atoms with E-state index in [1.165, 1.54) is 30.5 Å². The second-order valence-electron chi connectivity index (χ2n) is 5.33. The second kappa shape index (κ2) is 7.79. The van der Waals surface area contributed by atoms with Gasteiger partial charge in [0.15, 0.2) is 11.5 Å². The summed E-state index contributed by atoms with van der Waals surface area (Å²) in [7, 11) is 0. The average molecular weight is 364 g/mol. The summed E-state index contributed by atoms with van der Waals surface area (Å²) >= 11 is 0. The van der Waals surface area contributed by atoms with Crippen LogP contribution in [0.3, 0.4) is 0 Å². The zero-order valence-corrected chi connectivity index (χ0v) is 13.8. The standard InChI is InChI=1S/C18H12N4O5/c19-9-14(6-12-2-1-3-15(7-12)22(24)25)18(23)21-20-10-13-4-5-16-17(8-13)27-11-26-16/h1-8,10H,11H2,(H,21,23). The van der Waals surface area contributed by atoms with Crippen LogP contribution in [0.5, 0.6) is 11.5 Å². The Balaban J connectivity index is 1.69. The number of nitro benzene ring substituents is 1. The van der Waals surface area contributed by atoms with Crippen molar-refractivity contribution in [2.75, 3.05) is 6.79 Å². The molecule has 0 saturated heterocycles. The van der Waals surface area contributed by atoms with Crippen molar-refractivity contribution in [3.63, 3.8) is 0 Å². The van der Waals surface area contributed by atoms with E-state index in [-0.39, 0.29) is 18.1 Å². The number of rotatable bonds is 5. The summed E-state index contributed by atoms with van der Waals surface area (Å²) in [6, 6.07) is 12.5. The van der Waals surface area contributed by atoms with Crippen LogP contribution in [0.1, 0.15) is 11.1 Å². The number of ether oxygens (including phenoxy) is 2. The number of amides is 1. The van der Waals surface area contributed by atoms with Crippen LogP contribution in [0.4, 0.5) is 5.69 Å². The number of nitrogens with zero attached hydrogens (tertiary/aromatic N) is 3. The van der Waals surface area contributed by atoms with Gasteiger partial charge in [-0.25, -0.2) is 5.43 Å². The molecule has 0 spiro atoms. The minimum absolute atomic E-state index is 0.137. The van der Waals surface area contributed by atoms with Crippen LogP contribution in [-0.2, 0) is 4.79 Å². The van der Waals surface area contributed by atoms with Crippen molar-refractivity contribution < 1.29 is 19.2 Å². The predicted molar refractivity (Wildman–Crippen MR) is 95.0 cm³/mol. The van der Waals surface area contributed by atoms with E-state index < -0.39 is 10.8 Å². The molecule has 0 aromatic heterocycles. The number of hydrogen-bond donors (Lipinski definition) is 1. The summed E-state index contributed by atoms with van der Waals surface area (Å²) in [5.74, 6) is 0.470. The molecule has 1 N–H and O–H groups in total. The summed E-state index contributed by atoms with van der Waals surface area (Å²) in [5.41, 5.74) is 2.89. The number of hydrazone groups is 1. The normalized spacial score (nSPS) is 12.6. The van der Waals surface area contributed by atoms with Crippen LogP contribution >= 0.6 is 0 Å². The van der Waals surface area contributed by atoms with Gasteiger partial charge in [-0.3, -0.25) is 14.9 Å². The minimum atomic E-state index is -0.735. The van der Waals surface area contributed by atoms with Gasteiger partial charge in [0.25, 0.3) is 11.6 Å². The van der Waals surface area contributed by atoms with E-state index in [1.807, 2.05) is 0 Å². The summed E-state index contributed by atoms with van der Waals surface area (Å²) in [6.45, 7) is 0.153. The molecule has 27 heavy (non-hydrogen) atoms. The highest BCUT2D eigenvalue weighted by Gasteiger charge is 2.13. The van der Waals surface area contributed by atoms with Gasteiger partial charge >= 0.3 is 0 Å². The van der Waals surface area contributed by atoms with Gasteiger partial charge in [0.1, 0.15) is 11.6 Å². The number of carbonyl (C=O) groups excluding carboxylic acids is 1. The molecule has 2 aromatic carbocycles. The molecule has 9 heteroatoms. The highest BCUT2D eigenvalue weighted by atomic mass is 16.7. The molecule has 1 heterocycles. The second-order valence-corrected chi connectivity index (χ2v) is 5.33. The molecule has 2 aromatic rings. The van der Waals surface area contributed by atoms with Gasteiger partial charge in [0, 0.05) is 12.1 Å². The van der Waals surface area contributed by atoms with Crippen LogP contribution in [0, 0.1) is 21.4 Å². The van der Waals surface area contributed by atoms with Crippen LogP contribution < -0.4 is 14.9 Å². The Morgan fingerprint density at radius 1 is 1.22 bits per heavy atom. The van der Waals surface area contributed by atoms with E-state index in [0.29, 0.717) is 22.6 Å². The first kappa shape index (κ1) is 17.6. The molecule has 1 amide bonds. The Labute approximate surface area is 153 Å². The maximum atomic E-state index is 12.1. The maximum absolute atomic E-state index is 12.1. The van der Waals surface area contributed by atoms with Crippen molar-refractivity contribution in [2.24, 2.45) is 5.10 Å². The van der Waals surface area contributed by atoms with E-state index in [0.717, 1.165) is 0 Å². The fraction of sp³-hybridized carbons (Fsp3) is 0.0556. The largest absolute Gasteiger partial charge is 0.454 e. The third kappa shape index (κ3) is 4.26. The lowest BCUT2D eigenvalue weighted by atomic mass is 10.1. The lowest BCUT2D eigenvalue weighted by Gasteiger charge is -2.00. The maximum Gasteiger partial charge on any atom is 0.282 e. The smallest absolute Gasteiger partial charge is 0.282 e. The highest BCUT2D eigenvalue weighted by molar-refractivity contribution is 6.02. The van der Waals surface area contributed by atoms with Crippen molar-refractivity contribution in [3.8, 4) is 17.6 Å². The molecule has 0 radical (unpaired) electrons. The van der Waals surface area contributed by atoms with Crippen LogP contribution in [0.25, 0.3) is 6.08 Å². The number of nitro groups is 1. The van der Waals surface area contributed by atoms with Crippen molar-refractivity contribution in [1.82, 2.24) is 5.43 Å². The number of nitriles is 1. The van der Waals surface area contributed by atoms with E-state index >= 15 is 0 Å². The first-order chi connectivity index (χ1) is 13.1. The zero-order valence-electron chi connectivity index (χ0n) is 13.8. The molecular formula is C18H12N4O5. The number of benzene rings is 2. The Morgan fingerprint density at radius 3 is 2.81 bits per heavy atom. The summed E-state index contributed by atoms with van der Waals surface area (Å²) in [6.07, 6.45) is 2.64. The quantitative estimate of drug-likeness (QED) is 0.285. The van der Waals surface area contributed by atoms with Gasteiger partial charge in [0.2, 0.25) is 6.79 Å². The third-order valence-electron chi connectivity index (χ3n) is 3.53. The Morgan fingerprint density at radius 2 is 2.04 bits per heavy atom. The number of carbonyl (C=O) groups is 1. The molecule has 0 aliphatic carbocycles. The zero-order chi connectivity index (χ0) is 19.2. The molecule has 0 fully saturated rings. The molecule has 134 valence electrons. The monoisotopic (exact) mass is 364 g/mol.